The van der Waals surface area contributed by atoms with Gasteiger partial charge in [0, 0.05) is 25.8 Å². The van der Waals surface area contributed by atoms with Crippen LogP contribution < -0.4 is 5.32 Å². The van der Waals surface area contributed by atoms with E-state index >= 15 is 0 Å². The number of nitrogens with one attached hydrogen (secondary N) is 1. The van der Waals surface area contributed by atoms with Crippen LogP contribution in [0.1, 0.15) is 43.4 Å². The van der Waals surface area contributed by atoms with Crippen molar-refractivity contribution >= 4 is 0 Å². The van der Waals surface area contributed by atoms with Gasteiger partial charge in [-0.15, -0.1) is 0 Å². The molecule has 1 aromatic rings. The zero-order valence-electron chi connectivity index (χ0n) is 10.9. The van der Waals surface area contributed by atoms with Crippen LogP contribution in [0.5, 0.6) is 0 Å². The summed E-state index contributed by atoms with van der Waals surface area (Å²) in [6.45, 7) is 0.719. The molecule has 98 valence electrons. The topological polar surface area (TPSA) is 61.0 Å². The zero-order chi connectivity index (χ0) is 13.0. The van der Waals surface area contributed by atoms with E-state index in [2.05, 4.69) is 11.4 Å². The molecule has 0 amide bonds. The molecule has 0 bridgehead atoms. The fourth-order valence-corrected chi connectivity index (χ4v) is 2.62. The van der Waals surface area contributed by atoms with Crippen LogP contribution in [0.15, 0.2) is 12.3 Å². The summed E-state index contributed by atoms with van der Waals surface area (Å²) in [4.78, 5) is 0. The van der Waals surface area contributed by atoms with Crippen molar-refractivity contribution in [2.75, 3.05) is 0 Å². The fraction of sp³-hybridized carbons (Fsp3) is 0.643. The van der Waals surface area contributed by atoms with Crippen molar-refractivity contribution in [3.05, 3.63) is 23.5 Å². The van der Waals surface area contributed by atoms with E-state index < -0.39 is 0 Å². The third-order valence-corrected chi connectivity index (χ3v) is 3.72. The van der Waals surface area contributed by atoms with Gasteiger partial charge in [-0.3, -0.25) is 0 Å². The van der Waals surface area contributed by atoms with Gasteiger partial charge in [0.25, 0.3) is 0 Å². The highest BCUT2D eigenvalue weighted by Crippen LogP contribution is 2.18. The van der Waals surface area contributed by atoms with Gasteiger partial charge in [0.05, 0.1) is 6.10 Å². The number of nitriles is 1. The van der Waals surface area contributed by atoms with Gasteiger partial charge in [-0.2, -0.15) is 5.26 Å². The van der Waals surface area contributed by atoms with Crippen LogP contribution in [0.2, 0.25) is 0 Å². The fourth-order valence-electron chi connectivity index (χ4n) is 2.62. The number of nitrogens with zero attached hydrogens (tertiary/aromatic N) is 2. The monoisotopic (exact) mass is 247 g/mol. The van der Waals surface area contributed by atoms with E-state index in [0.29, 0.717) is 5.69 Å². The molecular formula is C14H21N3O. The molecule has 1 aliphatic rings. The molecule has 0 saturated heterocycles. The summed E-state index contributed by atoms with van der Waals surface area (Å²) in [5, 5.41) is 22.3. The normalized spacial score (nSPS) is 24.5. The molecule has 1 aliphatic carbocycles. The van der Waals surface area contributed by atoms with Crippen LogP contribution in [-0.4, -0.2) is 21.8 Å². The van der Waals surface area contributed by atoms with Gasteiger partial charge < -0.3 is 15.0 Å². The minimum absolute atomic E-state index is 0.193. The lowest BCUT2D eigenvalue weighted by molar-refractivity contribution is 0.119. The van der Waals surface area contributed by atoms with Gasteiger partial charge in [0.1, 0.15) is 11.8 Å². The summed E-state index contributed by atoms with van der Waals surface area (Å²) in [6, 6.07) is 4.25. The van der Waals surface area contributed by atoms with Crippen molar-refractivity contribution in [2.24, 2.45) is 7.05 Å². The first kappa shape index (κ1) is 13.1. The minimum atomic E-state index is -0.230. The third kappa shape index (κ3) is 3.12. The summed E-state index contributed by atoms with van der Waals surface area (Å²) in [6.07, 6.45) is 7.21. The molecule has 1 fully saturated rings. The van der Waals surface area contributed by atoms with Crippen LogP contribution >= 0.6 is 0 Å². The Labute approximate surface area is 108 Å². The van der Waals surface area contributed by atoms with Gasteiger partial charge in [0.2, 0.25) is 0 Å². The Bertz CT molecular complexity index is 433. The highest BCUT2D eigenvalue weighted by atomic mass is 16.3. The molecule has 0 aliphatic heterocycles. The van der Waals surface area contributed by atoms with Crippen molar-refractivity contribution in [1.82, 2.24) is 9.88 Å². The van der Waals surface area contributed by atoms with Crippen LogP contribution in [0.4, 0.5) is 0 Å². The molecule has 1 saturated carbocycles. The summed E-state index contributed by atoms with van der Waals surface area (Å²) in [7, 11) is 1.88. The third-order valence-electron chi connectivity index (χ3n) is 3.72. The SMILES string of the molecule is Cn1cc(CNC2CCCCCC2O)cc1C#N. The number of rotatable bonds is 3. The summed E-state index contributed by atoms with van der Waals surface area (Å²) in [5.41, 5.74) is 1.78. The molecule has 4 heteroatoms. The van der Waals surface area contributed by atoms with E-state index in [0.717, 1.165) is 31.4 Å². The molecule has 1 aromatic heterocycles. The lowest BCUT2D eigenvalue weighted by Gasteiger charge is -2.21. The first-order valence-corrected chi connectivity index (χ1v) is 6.67. The summed E-state index contributed by atoms with van der Waals surface area (Å²) in [5.74, 6) is 0. The average molecular weight is 247 g/mol. The molecule has 18 heavy (non-hydrogen) atoms. The number of hydrogen-bond acceptors (Lipinski definition) is 3. The first-order valence-electron chi connectivity index (χ1n) is 6.67. The average Bonchev–Trinajstić information content (AvgIpc) is 2.59. The van der Waals surface area contributed by atoms with Crippen LogP contribution in [0, 0.1) is 11.3 Å². The van der Waals surface area contributed by atoms with E-state index in [1.54, 1.807) is 0 Å². The van der Waals surface area contributed by atoms with E-state index in [-0.39, 0.29) is 12.1 Å². The minimum Gasteiger partial charge on any atom is -0.392 e. The molecule has 2 unspecified atom stereocenters. The molecule has 1 heterocycles. The van der Waals surface area contributed by atoms with Crippen molar-refractivity contribution in [1.29, 1.82) is 5.26 Å². The Hall–Kier alpha value is -1.31. The maximum atomic E-state index is 10.0. The Kier molecular flexibility index (Phi) is 4.40. The molecular weight excluding hydrogens is 226 g/mol. The van der Waals surface area contributed by atoms with E-state index in [1.165, 1.54) is 12.8 Å². The largest absolute Gasteiger partial charge is 0.392 e. The summed E-state index contributed by atoms with van der Waals surface area (Å²) < 4.78 is 1.83. The Balaban J connectivity index is 1.91. The van der Waals surface area contributed by atoms with Crippen LogP contribution in [0.3, 0.4) is 0 Å². The van der Waals surface area contributed by atoms with Crippen molar-refractivity contribution in [2.45, 2.75) is 50.8 Å². The van der Waals surface area contributed by atoms with Crippen molar-refractivity contribution in [3.8, 4) is 6.07 Å². The number of aliphatic hydroxyl groups is 1. The van der Waals surface area contributed by atoms with Crippen LogP contribution in [-0.2, 0) is 13.6 Å². The molecule has 0 radical (unpaired) electrons. The number of hydrogen-bond donors (Lipinski definition) is 2. The summed E-state index contributed by atoms with van der Waals surface area (Å²) >= 11 is 0. The maximum absolute atomic E-state index is 10.0. The van der Waals surface area contributed by atoms with Crippen molar-refractivity contribution < 1.29 is 5.11 Å². The van der Waals surface area contributed by atoms with Gasteiger partial charge in [-0.05, 0) is 24.5 Å². The number of aromatic nitrogens is 1. The lowest BCUT2D eigenvalue weighted by Crippen LogP contribution is -2.38. The maximum Gasteiger partial charge on any atom is 0.120 e. The molecule has 0 aromatic carbocycles. The van der Waals surface area contributed by atoms with Crippen molar-refractivity contribution in [3.63, 3.8) is 0 Å². The predicted octanol–water partition coefficient (Wildman–Crippen LogP) is 1.68. The van der Waals surface area contributed by atoms with Gasteiger partial charge in [-0.25, -0.2) is 0 Å². The predicted molar refractivity (Wildman–Crippen MR) is 69.8 cm³/mol. The van der Waals surface area contributed by atoms with E-state index in [1.807, 2.05) is 23.9 Å². The quantitative estimate of drug-likeness (QED) is 0.799. The zero-order valence-corrected chi connectivity index (χ0v) is 10.9. The van der Waals surface area contributed by atoms with Crippen LogP contribution in [0.25, 0.3) is 0 Å². The van der Waals surface area contributed by atoms with E-state index in [4.69, 9.17) is 5.26 Å². The van der Waals surface area contributed by atoms with Gasteiger partial charge in [-0.1, -0.05) is 19.3 Å². The Morgan fingerprint density at radius 3 is 2.94 bits per heavy atom. The smallest absolute Gasteiger partial charge is 0.120 e. The second-order valence-corrected chi connectivity index (χ2v) is 5.15. The number of aliphatic hydroxyl groups excluding tert-OH is 1. The van der Waals surface area contributed by atoms with E-state index in [9.17, 15) is 5.11 Å². The number of aryl methyl sites for hydroxylation is 1. The molecule has 2 rings (SSSR count). The molecule has 4 nitrogen and oxygen atoms in total. The molecule has 2 N–H and O–H groups in total. The lowest BCUT2D eigenvalue weighted by atomic mass is 10.1. The van der Waals surface area contributed by atoms with Gasteiger partial charge >= 0.3 is 0 Å². The second kappa shape index (κ2) is 6.03. The Morgan fingerprint density at radius 1 is 1.44 bits per heavy atom. The molecule has 0 spiro atoms. The first-order chi connectivity index (χ1) is 8.70. The second-order valence-electron chi connectivity index (χ2n) is 5.15. The molecule has 2 atom stereocenters. The highest BCUT2D eigenvalue weighted by molar-refractivity contribution is 5.28. The Morgan fingerprint density at radius 2 is 2.22 bits per heavy atom. The highest BCUT2D eigenvalue weighted by Gasteiger charge is 2.20. The van der Waals surface area contributed by atoms with Gasteiger partial charge in [0.15, 0.2) is 0 Å². The standard InChI is InChI=1S/C14H21N3O/c1-17-10-11(7-12(17)8-15)9-16-13-5-3-2-4-6-14(13)18/h7,10,13-14,16,18H,2-6,9H2,1H3.